The van der Waals surface area contributed by atoms with Gasteiger partial charge in [-0.25, -0.2) is 8.78 Å². The Balaban J connectivity index is 1.41. The van der Waals surface area contributed by atoms with Crippen molar-refractivity contribution in [2.75, 3.05) is 31.1 Å². The van der Waals surface area contributed by atoms with Gasteiger partial charge in [-0.3, -0.25) is 4.79 Å². The van der Waals surface area contributed by atoms with Crippen LogP contribution >= 0.6 is 22.7 Å². The molecule has 1 aromatic carbocycles. The van der Waals surface area contributed by atoms with Gasteiger partial charge in [0, 0.05) is 31.7 Å². The zero-order valence-corrected chi connectivity index (χ0v) is 15.2. The first-order valence-corrected chi connectivity index (χ1v) is 9.68. The Bertz CT molecular complexity index is 921. The van der Waals surface area contributed by atoms with E-state index in [0.717, 1.165) is 27.1 Å². The molecule has 1 amide bonds. The molecule has 0 aliphatic carbocycles. The topological polar surface area (TPSA) is 49.3 Å². The lowest BCUT2D eigenvalue weighted by Crippen LogP contribution is -2.48. The fourth-order valence-electron chi connectivity index (χ4n) is 2.76. The first kappa shape index (κ1) is 17.0. The smallest absolute Gasteiger partial charge is 0.254 e. The fourth-order valence-corrected chi connectivity index (χ4v) is 4.44. The second-order valence-electron chi connectivity index (χ2n) is 5.78. The van der Waals surface area contributed by atoms with Crippen molar-refractivity contribution in [3.05, 3.63) is 52.9 Å². The number of amides is 1. The normalized spacial score (nSPS) is 14.7. The predicted octanol–water partition coefficient (Wildman–Crippen LogP) is 3.51. The number of halogens is 2. The third-order valence-electron chi connectivity index (χ3n) is 4.15. The number of carbonyl (C=O) groups excluding carboxylic acids is 1. The van der Waals surface area contributed by atoms with E-state index in [2.05, 4.69) is 15.1 Å². The Kier molecular flexibility index (Phi) is 4.64. The summed E-state index contributed by atoms with van der Waals surface area (Å²) in [6.45, 7) is 2.22. The Labute approximate surface area is 156 Å². The number of rotatable bonds is 3. The number of hydrogen-bond donors (Lipinski definition) is 0. The van der Waals surface area contributed by atoms with E-state index in [-0.39, 0.29) is 11.5 Å². The van der Waals surface area contributed by atoms with Crippen LogP contribution in [0, 0.1) is 11.6 Å². The van der Waals surface area contributed by atoms with E-state index in [0.29, 0.717) is 26.2 Å². The van der Waals surface area contributed by atoms with Crippen molar-refractivity contribution < 1.29 is 13.6 Å². The van der Waals surface area contributed by atoms with Crippen LogP contribution in [0.15, 0.2) is 35.7 Å². The highest BCUT2D eigenvalue weighted by Crippen LogP contribution is 2.31. The average Bonchev–Trinajstić information content (AvgIpc) is 3.35. The minimum absolute atomic E-state index is 0.160. The molecule has 1 aliphatic heterocycles. The van der Waals surface area contributed by atoms with E-state index in [1.165, 1.54) is 17.4 Å². The van der Waals surface area contributed by atoms with Gasteiger partial charge in [-0.05, 0) is 29.6 Å². The second kappa shape index (κ2) is 7.08. The lowest BCUT2D eigenvalue weighted by molar-refractivity contribution is 0.0746. The van der Waals surface area contributed by atoms with E-state index in [4.69, 9.17) is 0 Å². The van der Waals surface area contributed by atoms with E-state index in [1.807, 2.05) is 17.5 Å². The minimum Gasteiger partial charge on any atom is -0.343 e. The third kappa shape index (κ3) is 3.32. The molecular weight excluding hydrogens is 378 g/mol. The molecule has 0 bridgehead atoms. The summed E-state index contributed by atoms with van der Waals surface area (Å²) in [5.74, 6) is -2.26. The van der Waals surface area contributed by atoms with Crippen molar-refractivity contribution in [2.45, 2.75) is 0 Å². The molecule has 3 heterocycles. The first-order chi connectivity index (χ1) is 12.6. The standard InChI is InChI=1S/C17H14F2N4OS2/c18-12-4-3-11(10-13(12)19)16(24)22-5-7-23(8-6-22)17-21-20-15(26-17)14-2-1-9-25-14/h1-4,9-10H,5-8H2. The zero-order valence-electron chi connectivity index (χ0n) is 13.6. The summed E-state index contributed by atoms with van der Waals surface area (Å²) >= 11 is 3.15. The second-order valence-corrected chi connectivity index (χ2v) is 7.68. The SMILES string of the molecule is O=C(c1ccc(F)c(F)c1)N1CCN(c2nnc(-c3cccs3)s2)CC1. The van der Waals surface area contributed by atoms with E-state index in [1.54, 1.807) is 16.2 Å². The molecule has 9 heteroatoms. The Hall–Kier alpha value is -2.39. The molecular formula is C17H14F2N4OS2. The fraction of sp³-hybridized carbons (Fsp3) is 0.235. The molecule has 2 aromatic heterocycles. The van der Waals surface area contributed by atoms with Gasteiger partial charge < -0.3 is 9.80 Å². The number of benzene rings is 1. The molecule has 0 unspecified atom stereocenters. The largest absolute Gasteiger partial charge is 0.343 e. The van der Waals surface area contributed by atoms with Crippen molar-refractivity contribution in [1.29, 1.82) is 0 Å². The molecule has 1 aliphatic rings. The van der Waals surface area contributed by atoms with Crippen LogP contribution in [0.4, 0.5) is 13.9 Å². The Morgan fingerprint density at radius 2 is 1.85 bits per heavy atom. The Morgan fingerprint density at radius 3 is 2.54 bits per heavy atom. The highest BCUT2D eigenvalue weighted by Gasteiger charge is 2.25. The summed E-state index contributed by atoms with van der Waals surface area (Å²) in [6, 6.07) is 7.22. The molecule has 26 heavy (non-hydrogen) atoms. The minimum atomic E-state index is -1.01. The highest BCUT2D eigenvalue weighted by molar-refractivity contribution is 7.22. The van der Waals surface area contributed by atoms with Crippen LogP contribution in [-0.4, -0.2) is 47.2 Å². The van der Waals surface area contributed by atoms with E-state index < -0.39 is 11.6 Å². The van der Waals surface area contributed by atoms with E-state index in [9.17, 15) is 13.6 Å². The molecule has 0 saturated carbocycles. The van der Waals surface area contributed by atoms with Crippen LogP contribution in [-0.2, 0) is 0 Å². The average molecular weight is 392 g/mol. The highest BCUT2D eigenvalue weighted by atomic mass is 32.1. The van der Waals surface area contributed by atoms with Crippen molar-refractivity contribution in [3.63, 3.8) is 0 Å². The molecule has 5 nitrogen and oxygen atoms in total. The van der Waals surface area contributed by atoms with Crippen LogP contribution < -0.4 is 4.90 Å². The van der Waals surface area contributed by atoms with Crippen LogP contribution in [0.25, 0.3) is 9.88 Å². The molecule has 0 N–H and O–H groups in total. The number of piperazine rings is 1. The van der Waals surface area contributed by atoms with Crippen LogP contribution in [0.1, 0.15) is 10.4 Å². The number of thiophene rings is 1. The molecule has 0 atom stereocenters. The predicted molar refractivity (Wildman–Crippen MR) is 97.7 cm³/mol. The maximum Gasteiger partial charge on any atom is 0.254 e. The van der Waals surface area contributed by atoms with Gasteiger partial charge in [0.25, 0.3) is 5.91 Å². The zero-order chi connectivity index (χ0) is 18.1. The van der Waals surface area contributed by atoms with Gasteiger partial charge in [0.15, 0.2) is 16.6 Å². The summed E-state index contributed by atoms with van der Waals surface area (Å²) in [6.07, 6.45) is 0. The van der Waals surface area contributed by atoms with Gasteiger partial charge in [-0.2, -0.15) is 0 Å². The van der Waals surface area contributed by atoms with Crippen LogP contribution in [0.3, 0.4) is 0 Å². The quantitative estimate of drug-likeness (QED) is 0.685. The Morgan fingerprint density at radius 1 is 1.04 bits per heavy atom. The molecule has 1 saturated heterocycles. The monoisotopic (exact) mass is 392 g/mol. The van der Waals surface area contributed by atoms with Gasteiger partial charge in [0.1, 0.15) is 0 Å². The summed E-state index contributed by atoms with van der Waals surface area (Å²) in [7, 11) is 0. The summed E-state index contributed by atoms with van der Waals surface area (Å²) in [5, 5.41) is 12.2. The third-order valence-corrected chi connectivity index (χ3v) is 6.17. The van der Waals surface area contributed by atoms with Crippen LogP contribution in [0.5, 0.6) is 0 Å². The maximum absolute atomic E-state index is 13.3. The summed E-state index contributed by atoms with van der Waals surface area (Å²) in [4.78, 5) is 17.3. The number of anilines is 1. The van der Waals surface area contributed by atoms with Crippen molar-refractivity contribution in [2.24, 2.45) is 0 Å². The molecule has 1 fully saturated rings. The number of aromatic nitrogens is 2. The first-order valence-electron chi connectivity index (χ1n) is 7.98. The van der Waals surface area contributed by atoms with Gasteiger partial charge >= 0.3 is 0 Å². The molecule has 0 radical (unpaired) electrons. The van der Waals surface area contributed by atoms with Gasteiger partial charge in [0.05, 0.1) is 4.88 Å². The van der Waals surface area contributed by atoms with Crippen LogP contribution in [0.2, 0.25) is 0 Å². The summed E-state index contributed by atoms with van der Waals surface area (Å²) < 4.78 is 26.4. The lowest BCUT2D eigenvalue weighted by atomic mass is 10.1. The molecule has 4 rings (SSSR count). The number of nitrogens with zero attached hydrogens (tertiary/aromatic N) is 4. The van der Waals surface area contributed by atoms with Crippen molar-refractivity contribution in [3.8, 4) is 9.88 Å². The summed E-state index contributed by atoms with van der Waals surface area (Å²) in [5.41, 5.74) is 0.160. The van der Waals surface area contributed by atoms with Gasteiger partial charge in [-0.15, -0.1) is 21.5 Å². The maximum atomic E-state index is 13.3. The number of hydrogen-bond acceptors (Lipinski definition) is 6. The molecule has 134 valence electrons. The lowest BCUT2D eigenvalue weighted by Gasteiger charge is -2.34. The van der Waals surface area contributed by atoms with Gasteiger partial charge in [-0.1, -0.05) is 17.4 Å². The van der Waals surface area contributed by atoms with E-state index >= 15 is 0 Å². The molecule has 0 spiro atoms. The molecule has 3 aromatic rings. The number of carbonyl (C=O) groups is 1. The van der Waals surface area contributed by atoms with Crippen molar-refractivity contribution in [1.82, 2.24) is 15.1 Å². The van der Waals surface area contributed by atoms with Crippen molar-refractivity contribution >= 4 is 33.7 Å². The van der Waals surface area contributed by atoms with Gasteiger partial charge in [0.2, 0.25) is 5.13 Å².